The summed E-state index contributed by atoms with van der Waals surface area (Å²) in [5.74, 6) is 0.817. The van der Waals surface area contributed by atoms with Crippen LogP contribution in [0.5, 0.6) is 5.75 Å². The smallest absolute Gasteiger partial charge is 0.121 e. The molecule has 1 aromatic carbocycles. The maximum atomic E-state index is 5.77. The highest BCUT2D eigenvalue weighted by Gasteiger charge is 2.01. The molecule has 3 heteroatoms. The first kappa shape index (κ1) is 9.71. The van der Waals surface area contributed by atoms with Gasteiger partial charge in [-0.2, -0.15) is 0 Å². The van der Waals surface area contributed by atoms with Crippen molar-refractivity contribution in [3.05, 3.63) is 18.2 Å². The largest absolute Gasteiger partial charge is 0.497 e. The minimum absolute atomic E-state index is 0.370. The van der Waals surface area contributed by atoms with Gasteiger partial charge in [0.25, 0.3) is 0 Å². The van der Waals surface area contributed by atoms with Gasteiger partial charge in [-0.1, -0.05) is 0 Å². The van der Waals surface area contributed by atoms with Gasteiger partial charge in [-0.05, 0) is 26.0 Å². The Morgan fingerprint density at radius 3 is 2.62 bits per heavy atom. The summed E-state index contributed by atoms with van der Waals surface area (Å²) in [5.41, 5.74) is 7.44. The first-order chi connectivity index (χ1) is 6.13. The van der Waals surface area contributed by atoms with Crippen molar-refractivity contribution >= 4 is 11.4 Å². The van der Waals surface area contributed by atoms with Crippen molar-refractivity contribution in [1.82, 2.24) is 0 Å². The normalized spacial score (nSPS) is 10.2. The molecule has 3 nitrogen and oxygen atoms in total. The molecule has 0 saturated heterocycles. The lowest BCUT2D eigenvalue weighted by molar-refractivity contribution is 0.415. The second-order valence-electron chi connectivity index (χ2n) is 3.25. The van der Waals surface area contributed by atoms with Crippen molar-refractivity contribution in [2.24, 2.45) is 0 Å². The van der Waals surface area contributed by atoms with Crippen LogP contribution in [0.4, 0.5) is 11.4 Å². The van der Waals surface area contributed by atoms with Crippen LogP contribution >= 0.6 is 0 Å². The standard InChI is InChI=1S/C10H16N2O/c1-7(2)12-10-6-8(13-3)4-5-9(10)11/h4-7,12H,11H2,1-3H3. The lowest BCUT2D eigenvalue weighted by atomic mass is 10.2. The van der Waals surface area contributed by atoms with Crippen LogP contribution in [0.3, 0.4) is 0 Å². The molecular formula is C10H16N2O. The zero-order valence-electron chi connectivity index (χ0n) is 8.29. The first-order valence-electron chi connectivity index (χ1n) is 4.33. The van der Waals surface area contributed by atoms with E-state index in [4.69, 9.17) is 10.5 Å². The van der Waals surface area contributed by atoms with Gasteiger partial charge in [0.1, 0.15) is 5.75 Å². The summed E-state index contributed by atoms with van der Waals surface area (Å²) in [6.07, 6.45) is 0. The Bertz CT molecular complexity index is 284. The van der Waals surface area contributed by atoms with Gasteiger partial charge >= 0.3 is 0 Å². The molecule has 0 atom stereocenters. The van der Waals surface area contributed by atoms with E-state index in [0.717, 1.165) is 17.1 Å². The molecule has 0 unspecified atom stereocenters. The lowest BCUT2D eigenvalue weighted by Gasteiger charge is -2.13. The maximum absolute atomic E-state index is 5.77. The van der Waals surface area contributed by atoms with Crippen molar-refractivity contribution in [3.8, 4) is 5.75 Å². The molecule has 0 aromatic heterocycles. The van der Waals surface area contributed by atoms with E-state index in [1.807, 2.05) is 18.2 Å². The Morgan fingerprint density at radius 2 is 2.08 bits per heavy atom. The van der Waals surface area contributed by atoms with Gasteiger partial charge in [0.2, 0.25) is 0 Å². The van der Waals surface area contributed by atoms with E-state index in [0.29, 0.717) is 6.04 Å². The highest BCUT2D eigenvalue weighted by molar-refractivity contribution is 5.68. The number of nitrogens with two attached hydrogens (primary N) is 1. The van der Waals surface area contributed by atoms with E-state index < -0.39 is 0 Å². The van der Waals surface area contributed by atoms with Crippen LogP contribution in [0.25, 0.3) is 0 Å². The Hall–Kier alpha value is -1.38. The molecule has 0 saturated carbocycles. The molecular weight excluding hydrogens is 164 g/mol. The number of anilines is 2. The molecule has 1 rings (SSSR count). The Labute approximate surface area is 78.9 Å². The number of hydrogen-bond donors (Lipinski definition) is 2. The van der Waals surface area contributed by atoms with E-state index in [-0.39, 0.29) is 0 Å². The predicted octanol–water partition coefficient (Wildman–Crippen LogP) is 2.10. The summed E-state index contributed by atoms with van der Waals surface area (Å²) in [6, 6.07) is 5.95. The van der Waals surface area contributed by atoms with Crippen molar-refractivity contribution in [3.63, 3.8) is 0 Å². The summed E-state index contributed by atoms with van der Waals surface area (Å²) in [4.78, 5) is 0. The van der Waals surface area contributed by atoms with E-state index >= 15 is 0 Å². The minimum Gasteiger partial charge on any atom is -0.497 e. The second kappa shape index (κ2) is 4.03. The minimum atomic E-state index is 0.370. The van der Waals surface area contributed by atoms with Gasteiger partial charge in [-0.25, -0.2) is 0 Å². The van der Waals surface area contributed by atoms with E-state index in [9.17, 15) is 0 Å². The van der Waals surface area contributed by atoms with Gasteiger partial charge < -0.3 is 15.8 Å². The number of nitrogens with one attached hydrogen (secondary N) is 1. The van der Waals surface area contributed by atoms with Gasteiger partial charge in [0.15, 0.2) is 0 Å². The van der Waals surface area contributed by atoms with Crippen molar-refractivity contribution in [2.45, 2.75) is 19.9 Å². The van der Waals surface area contributed by atoms with Gasteiger partial charge in [0.05, 0.1) is 18.5 Å². The number of rotatable bonds is 3. The van der Waals surface area contributed by atoms with Crippen molar-refractivity contribution in [2.75, 3.05) is 18.2 Å². The molecule has 0 amide bonds. The summed E-state index contributed by atoms with van der Waals surface area (Å²) in [6.45, 7) is 4.14. The third-order valence-electron chi connectivity index (χ3n) is 1.70. The number of methoxy groups -OCH3 is 1. The van der Waals surface area contributed by atoms with E-state index in [1.165, 1.54) is 0 Å². The Balaban J connectivity index is 2.90. The number of benzene rings is 1. The van der Waals surface area contributed by atoms with Gasteiger partial charge in [-0.15, -0.1) is 0 Å². The quantitative estimate of drug-likeness (QED) is 0.700. The van der Waals surface area contributed by atoms with Crippen LogP contribution < -0.4 is 15.8 Å². The Morgan fingerprint density at radius 1 is 1.38 bits per heavy atom. The van der Waals surface area contributed by atoms with Crippen LogP contribution in [0.15, 0.2) is 18.2 Å². The van der Waals surface area contributed by atoms with Crippen LogP contribution in [-0.4, -0.2) is 13.2 Å². The molecule has 3 N–H and O–H groups in total. The molecule has 13 heavy (non-hydrogen) atoms. The summed E-state index contributed by atoms with van der Waals surface area (Å²) in [5, 5.41) is 3.24. The lowest BCUT2D eigenvalue weighted by Crippen LogP contribution is -2.11. The number of ether oxygens (including phenoxy) is 1. The molecule has 72 valence electrons. The first-order valence-corrected chi connectivity index (χ1v) is 4.33. The fourth-order valence-corrected chi connectivity index (χ4v) is 1.10. The number of hydrogen-bond acceptors (Lipinski definition) is 3. The maximum Gasteiger partial charge on any atom is 0.121 e. The highest BCUT2D eigenvalue weighted by atomic mass is 16.5. The zero-order chi connectivity index (χ0) is 9.84. The fraction of sp³-hybridized carbons (Fsp3) is 0.400. The van der Waals surface area contributed by atoms with Crippen LogP contribution in [-0.2, 0) is 0 Å². The molecule has 0 spiro atoms. The second-order valence-corrected chi connectivity index (χ2v) is 3.25. The third-order valence-corrected chi connectivity index (χ3v) is 1.70. The fourth-order valence-electron chi connectivity index (χ4n) is 1.10. The van der Waals surface area contributed by atoms with Crippen LogP contribution in [0.2, 0.25) is 0 Å². The van der Waals surface area contributed by atoms with E-state index in [2.05, 4.69) is 19.2 Å². The van der Waals surface area contributed by atoms with Crippen LogP contribution in [0, 0.1) is 0 Å². The SMILES string of the molecule is COc1ccc(N)c(NC(C)C)c1. The van der Waals surface area contributed by atoms with Gasteiger partial charge in [0, 0.05) is 12.1 Å². The average molecular weight is 180 g/mol. The Kier molecular flexibility index (Phi) is 3.01. The van der Waals surface area contributed by atoms with Gasteiger partial charge in [-0.3, -0.25) is 0 Å². The molecule has 0 aliphatic heterocycles. The molecule has 0 bridgehead atoms. The van der Waals surface area contributed by atoms with Crippen molar-refractivity contribution in [1.29, 1.82) is 0 Å². The average Bonchev–Trinajstić information content (AvgIpc) is 2.08. The molecule has 0 fully saturated rings. The molecule has 0 radical (unpaired) electrons. The predicted molar refractivity (Wildman–Crippen MR) is 56.2 cm³/mol. The monoisotopic (exact) mass is 180 g/mol. The highest BCUT2D eigenvalue weighted by Crippen LogP contribution is 2.24. The molecule has 0 aliphatic rings. The zero-order valence-corrected chi connectivity index (χ0v) is 8.29. The topological polar surface area (TPSA) is 47.3 Å². The summed E-state index contributed by atoms with van der Waals surface area (Å²) >= 11 is 0. The van der Waals surface area contributed by atoms with Crippen LogP contribution in [0.1, 0.15) is 13.8 Å². The molecule has 0 aliphatic carbocycles. The summed E-state index contributed by atoms with van der Waals surface area (Å²) in [7, 11) is 1.64. The van der Waals surface area contributed by atoms with Crippen molar-refractivity contribution < 1.29 is 4.74 Å². The molecule has 1 aromatic rings. The van der Waals surface area contributed by atoms with E-state index in [1.54, 1.807) is 7.11 Å². The summed E-state index contributed by atoms with van der Waals surface area (Å²) < 4.78 is 5.10. The number of nitrogen functional groups attached to an aromatic ring is 1. The third kappa shape index (κ3) is 2.54. The molecule has 0 heterocycles.